The van der Waals surface area contributed by atoms with Crippen LogP contribution in [0.2, 0.25) is 0 Å². The summed E-state index contributed by atoms with van der Waals surface area (Å²) in [5.74, 6) is 0.907. The SMILES string of the molecule is CC(CC(C(=O)Nc1ccc(OC2CNC2)cn1)c1ccccc1)c1ccc(C#N)cc1. The van der Waals surface area contributed by atoms with Gasteiger partial charge in [0.1, 0.15) is 17.7 Å². The Morgan fingerprint density at radius 2 is 1.88 bits per heavy atom. The number of ether oxygens (including phenoxy) is 1. The molecule has 1 fully saturated rings. The van der Waals surface area contributed by atoms with Crippen LogP contribution in [0.3, 0.4) is 0 Å². The molecule has 2 unspecified atom stereocenters. The van der Waals surface area contributed by atoms with E-state index in [2.05, 4.69) is 28.6 Å². The van der Waals surface area contributed by atoms with Crippen LogP contribution >= 0.6 is 0 Å². The van der Waals surface area contributed by atoms with Gasteiger partial charge in [-0.05, 0) is 47.7 Å². The fraction of sp³-hybridized carbons (Fsp3) is 0.269. The number of hydrogen-bond donors (Lipinski definition) is 2. The number of anilines is 1. The van der Waals surface area contributed by atoms with Crippen molar-refractivity contribution < 1.29 is 9.53 Å². The molecule has 2 N–H and O–H groups in total. The number of benzene rings is 2. The van der Waals surface area contributed by atoms with E-state index < -0.39 is 0 Å². The average Bonchev–Trinajstić information content (AvgIpc) is 2.81. The van der Waals surface area contributed by atoms with Gasteiger partial charge in [0.15, 0.2) is 0 Å². The fourth-order valence-electron chi connectivity index (χ4n) is 3.73. The molecular formula is C26H26N4O2. The zero-order valence-electron chi connectivity index (χ0n) is 18.0. The molecule has 0 radical (unpaired) electrons. The number of hydrogen-bond acceptors (Lipinski definition) is 5. The zero-order valence-corrected chi connectivity index (χ0v) is 18.0. The van der Waals surface area contributed by atoms with Crippen LogP contribution in [-0.4, -0.2) is 30.1 Å². The molecule has 0 spiro atoms. The molecule has 1 amide bonds. The Labute approximate surface area is 188 Å². The molecule has 2 atom stereocenters. The summed E-state index contributed by atoms with van der Waals surface area (Å²) < 4.78 is 5.79. The Morgan fingerprint density at radius 3 is 2.47 bits per heavy atom. The maximum absolute atomic E-state index is 13.3. The van der Waals surface area contributed by atoms with Crippen LogP contribution in [0.5, 0.6) is 5.75 Å². The quantitative estimate of drug-likeness (QED) is 0.563. The van der Waals surface area contributed by atoms with Crippen molar-refractivity contribution in [2.75, 3.05) is 18.4 Å². The Balaban J connectivity index is 1.47. The summed E-state index contributed by atoms with van der Waals surface area (Å²) in [6.07, 6.45) is 2.46. The summed E-state index contributed by atoms with van der Waals surface area (Å²) in [5.41, 5.74) is 2.69. The third-order valence-corrected chi connectivity index (χ3v) is 5.75. The topological polar surface area (TPSA) is 87.0 Å². The average molecular weight is 427 g/mol. The molecule has 6 heteroatoms. The minimum Gasteiger partial charge on any atom is -0.486 e. The van der Waals surface area contributed by atoms with Crippen LogP contribution < -0.4 is 15.4 Å². The predicted octanol–water partition coefficient (Wildman–Crippen LogP) is 4.22. The number of aromatic nitrogens is 1. The first kappa shape index (κ1) is 21.5. The van der Waals surface area contributed by atoms with Crippen molar-refractivity contribution in [3.63, 3.8) is 0 Å². The highest BCUT2D eigenvalue weighted by atomic mass is 16.5. The monoisotopic (exact) mass is 426 g/mol. The molecule has 2 heterocycles. The Morgan fingerprint density at radius 1 is 1.12 bits per heavy atom. The van der Waals surface area contributed by atoms with Crippen molar-refractivity contribution in [3.8, 4) is 11.8 Å². The second kappa shape index (κ2) is 10.1. The Hall–Kier alpha value is -3.69. The van der Waals surface area contributed by atoms with Crippen molar-refractivity contribution in [1.29, 1.82) is 5.26 Å². The lowest BCUT2D eigenvalue weighted by molar-refractivity contribution is -0.117. The van der Waals surface area contributed by atoms with Crippen LogP contribution in [-0.2, 0) is 4.79 Å². The molecule has 6 nitrogen and oxygen atoms in total. The lowest BCUT2D eigenvalue weighted by Gasteiger charge is -2.27. The summed E-state index contributed by atoms with van der Waals surface area (Å²) in [6.45, 7) is 3.79. The summed E-state index contributed by atoms with van der Waals surface area (Å²) in [7, 11) is 0. The van der Waals surface area contributed by atoms with Gasteiger partial charge in [-0.25, -0.2) is 4.98 Å². The van der Waals surface area contributed by atoms with E-state index in [1.54, 1.807) is 12.3 Å². The smallest absolute Gasteiger partial charge is 0.233 e. The summed E-state index contributed by atoms with van der Waals surface area (Å²) in [4.78, 5) is 17.6. The van der Waals surface area contributed by atoms with Crippen molar-refractivity contribution in [3.05, 3.63) is 89.6 Å². The van der Waals surface area contributed by atoms with Gasteiger partial charge in [-0.15, -0.1) is 0 Å². The Bertz CT molecular complexity index is 1070. The van der Waals surface area contributed by atoms with Crippen LogP contribution in [0, 0.1) is 11.3 Å². The number of nitrogens with zero attached hydrogens (tertiary/aromatic N) is 2. The lowest BCUT2D eigenvalue weighted by atomic mass is 9.85. The highest BCUT2D eigenvalue weighted by Gasteiger charge is 2.24. The first-order valence-electron chi connectivity index (χ1n) is 10.8. The van der Waals surface area contributed by atoms with E-state index in [1.807, 2.05) is 60.7 Å². The summed E-state index contributed by atoms with van der Waals surface area (Å²) in [6, 6.07) is 23.1. The number of pyridine rings is 1. The second-order valence-corrected chi connectivity index (χ2v) is 8.10. The van der Waals surface area contributed by atoms with E-state index in [1.165, 1.54) is 0 Å². The molecule has 2 aromatic carbocycles. The minimum atomic E-state index is -0.333. The second-order valence-electron chi connectivity index (χ2n) is 8.10. The molecule has 162 valence electrons. The molecular weight excluding hydrogens is 400 g/mol. The van der Waals surface area contributed by atoms with E-state index in [-0.39, 0.29) is 23.8 Å². The van der Waals surface area contributed by atoms with Gasteiger partial charge < -0.3 is 15.4 Å². The molecule has 1 aliphatic rings. The molecule has 0 bridgehead atoms. The molecule has 32 heavy (non-hydrogen) atoms. The van der Waals surface area contributed by atoms with Gasteiger partial charge in [-0.2, -0.15) is 5.26 Å². The molecule has 4 rings (SSSR count). The molecule has 1 aromatic heterocycles. The number of nitriles is 1. The van der Waals surface area contributed by atoms with E-state index in [4.69, 9.17) is 10.00 Å². The van der Waals surface area contributed by atoms with Gasteiger partial charge in [0, 0.05) is 13.1 Å². The first-order chi connectivity index (χ1) is 15.6. The number of carbonyl (C=O) groups excluding carboxylic acids is 1. The maximum atomic E-state index is 13.3. The van der Waals surface area contributed by atoms with Gasteiger partial charge >= 0.3 is 0 Å². The van der Waals surface area contributed by atoms with Gasteiger partial charge in [-0.3, -0.25) is 4.79 Å². The largest absolute Gasteiger partial charge is 0.486 e. The standard InChI is InChI=1S/C26H26N4O2/c1-18(20-9-7-19(14-27)8-10-20)13-24(21-5-3-2-4-6-21)26(31)30-25-12-11-22(17-29-25)32-23-15-28-16-23/h2-12,17-18,23-24,28H,13,15-16H2,1H3,(H,29,30,31). The summed E-state index contributed by atoms with van der Waals surface area (Å²) in [5, 5.41) is 15.2. The molecule has 1 saturated heterocycles. The lowest BCUT2D eigenvalue weighted by Crippen LogP contribution is -2.50. The molecule has 1 aliphatic heterocycles. The van der Waals surface area contributed by atoms with Gasteiger partial charge in [0.2, 0.25) is 5.91 Å². The number of rotatable bonds is 8. The van der Waals surface area contributed by atoms with Crippen molar-refractivity contribution in [2.24, 2.45) is 0 Å². The molecule has 3 aromatic rings. The third kappa shape index (κ3) is 5.32. The van der Waals surface area contributed by atoms with E-state index in [0.717, 1.165) is 24.2 Å². The Kier molecular flexibility index (Phi) is 6.78. The van der Waals surface area contributed by atoms with Crippen molar-refractivity contribution >= 4 is 11.7 Å². The fourth-order valence-corrected chi connectivity index (χ4v) is 3.73. The van der Waals surface area contributed by atoms with E-state index >= 15 is 0 Å². The van der Waals surface area contributed by atoms with Crippen LogP contribution in [0.4, 0.5) is 5.82 Å². The van der Waals surface area contributed by atoms with E-state index in [0.29, 0.717) is 23.6 Å². The van der Waals surface area contributed by atoms with Gasteiger partial charge in [0.25, 0.3) is 0 Å². The highest BCUT2D eigenvalue weighted by Crippen LogP contribution is 2.31. The van der Waals surface area contributed by atoms with Gasteiger partial charge in [0.05, 0.1) is 23.7 Å². The first-order valence-corrected chi connectivity index (χ1v) is 10.8. The van der Waals surface area contributed by atoms with E-state index in [9.17, 15) is 4.79 Å². The number of nitrogens with one attached hydrogen (secondary N) is 2. The maximum Gasteiger partial charge on any atom is 0.233 e. The molecule has 0 saturated carbocycles. The summed E-state index contributed by atoms with van der Waals surface area (Å²) >= 11 is 0. The normalized spacial score (nSPS) is 15.1. The van der Waals surface area contributed by atoms with Crippen molar-refractivity contribution in [1.82, 2.24) is 10.3 Å². The van der Waals surface area contributed by atoms with Crippen LogP contribution in [0.15, 0.2) is 72.9 Å². The molecule has 0 aliphatic carbocycles. The van der Waals surface area contributed by atoms with Gasteiger partial charge in [-0.1, -0.05) is 49.4 Å². The predicted molar refractivity (Wildman–Crippen MR) is 124 cm³/mol. The van der Waals surface area contributed by atoms with Crippen LogP contribution in [0.1, 0.15) is 41.9 Å². The van der Waals surface area contributed by atoms with Crippen molar-refractivity contribution in [2.45, 2.75) is 31.3 Å². The number of carbonyl (C=O) groups is 1. The zero-order chi connectivity index (χ0) is 22.3. The third-order valence-electron chi connectivity index (χ3n) is 5.75. The number of amides is 1. The van der Waals surface area contributed by atoms with Crippen LogP contribution in [0.25, 0.3) is 0 Å². The minimum absolute atomic E-state index is 0.0962. The highest BCUT2D eigenvalue weighted by molar-refractivity contribution is 5.95.